The van der Waals surface area contributed by atoms with Gasteiger partial charge in [-0.05, 0) is 40.8 Å². The van der Waals surface area contributed by atoms with Crippen molar-refractivity contribution in [2.24, 2.45) is 0 Å². The second-order valence-electron chi connectivity index (χ2n) is 6.39. The fourth-order valence-electron chi connectivity index (χ4n) is 1.67. The predicted molar refractivity (Wildman–Crippen MR) is 78.5 cm³/mol. The third-order valence-electron chi connectivity index (χ3n) is 3.87. The van der Waals surface area contributed by atoms with E-state index in [1.54, 1.807) is 0 Å². The topological polar surface area (TPSA) is 55.2 Å². The van der Waals surface area contributed by atoms with Crippen LogP contribution in [0.15, 0.2) is 6.20 Å². The highest BCUT2D eigenvalue weighted by molar-refractivity contribution is 4.94. The third-order valence-corrected chi connectivity index (χ3v) is 3.87. The highest BCUT2D eigenvalue weighted by atomic mass is 16.5. The minimum absolute atomic E-state index is 0.0573. The van der Waals surface area contributed by atoms with E-state index in [1.165, 1.54) is 12.8 Å². The van der Waals surface area contributed by atoms with Gasteiger partial charge in [0.2, 0.25) is 0 Å². The molecular weight excluding hydrogens is 254 g/mol. The van der Waals surface area contributed by atoms with Crippen LogP contribution in [0.5, 0.6) is 0 Å². The SMILES string of the molecule is CN(C)C(C)(C)COCCn1cc(CNC2CC2)nn1. The average molecular weight is 281 g/mol. The minimum atomic E-state index is 0.0573. The van der Waals surface area contributed by atoms with Crippen molar-refractivity contribution >= 4 is 0 Å². The number of aromatic nitrogens is 3. The van der Waals surface area contributed by atoms with Crippen molar-refractivity contribution in [2.75, 3.05) is 27.3 Å². The Morgan fingerprint density at radius 3 is 2.85 bits per heavy atom. The third kappa shape index (κ3) is 4.85. The quantitative estimate of drug-likeness (QED) is 0.681. The van der Waals surface area contributed by atoms with Gasteiger partial charge >= 0.3 is 0 Å². The molecule has 1 N–H and O–H groups in total. The van der Waals surface area contributed by atoms with Gasteiger partial charge in [0.25, 0.3) is 0 Å². The normalized spacial score (nSPS) is 16.1. The Hall–Kier alpha value is -0.980. The fourth-order valence-corrected chi connectivity index (χ4v) is 1.67. The molecular formula is C14H27N5O. The maximum Gasteiger partial charge on any atom is 0.0964 e. The molecule has 1 heterocycles. The molecule has 1 aromatic heterocycles. The van der Waals surface area contributed by atoms with Gasteiger partial charge in [-0.2, -0.15) is 0 Å². The Bertz CT molecular complexity index is 411. The number of rotatable bonds is 9. The molecule has 0 amide bonds. The van der Waals surface area contributed by atoms with Crippen molar-refractivity contribution in [2.45, 2.75) is 51.4 Å². The predicted octanol–water partition coefficient (Wildman–Crippen LogP) is 0.887. The van der Waals surface area contributed by atoms with Crippen molar-refractivity contribution in [3.63, 3.8) is 0 Å². The molecule has 1 aliphatic carbocycles. The Labute approximate surface area is 121 Å². The summed E-state index contributed by atoms with van der Waals surface area (Å²) in [6, 6.07) is 0.705. The Morgan fingerprint density at radius 2 is 2.20 bits per heavy atom. The molecule has 0 radical (unpaired) electrons. The Kier molecular flexibility index (Phi) is 5.12. The first-order chi connectivity index (χ1) is 9.47. The number of ether oxygens (including phenoxy) is 1. The molecule has 6 heteroatoms. The van der Waals surface area contributed by atoms with Gasteiger partial charge in [0, 0.05) is 24.3 Å². The number of likely N-dealkylation sites (N-methyl/N-ethyl adjacent to an activating group) is 1. The van der Waals surface area contributed by atoms with Crippen LogP contribution in [0.2, 0.25) is 0 Å². The van der Waals surface area contributed by atoms with Crippen LogP contribution in [0.25, 0.3) is 0 Å². The van der Waals surface area contributed by atoms with E-state index in [-0.39, 0.29) is 5.54 Å². The molecule has 114 valence electrons. The Balaban J connectivity index is 1.63. The van der Waals surface area contributed by atoms with Gasteiger partial charge in [-0.1, -0.05) is 5.21 Å². The van der Waals surface area contributed by atoms with E-state index in [0.29, 0.717) is 19.3 Å². The summed E-state index contributed by atoms with van der Waals surface area (Å²) in [5.74, 6) is 0. The largest absolute Gasteiger partial charge is 0.378 e. The van der Waals surface area contributed by atoms with E-state index in [9.17, 15) is 0 Å². The highest BCUT2D eigenvalue weighted by Gasteiger charge is 2.21. The summed E-state index contributed by atoms with van der Waals surface area (Å²) >= 11 is 0. The average Bonchev–Trinajstić information content (AvgIpc) is 3.11. The van der Waals surface area contributed by atoms with Crippen molar-refractivity contribution in [3.8, 4) is 0 Å². The molecule has 0 spiro atoms. The number of hydrogen-bond donors (Lipinski definition) is 1. The summed E-state index contributed by atoms with van der Waals surface area (Å²) in [5.41, 5.74) is 1.06. The van der Waals surface area contributed by atoms with E-state index in [0.717, 1.165) is 18.8 Å². The smallest absolute Gasteiger partial charge is 0.0964 e. The molecule has 1 saturated carbocycles. The molecule has 6 nitrogen and oxygen atoms in total. The second-order valence-corrected chi connectivity index (χ2v) is 6.39. The van der Waals surface area contributed by atoms with Crippen LogP contribution in [0.1, 0.15) is 32.4 Å². The molecule has 0 aliphatic heterocycles. The highest BCUT2D eigenvalue weighted by Crippen LogP contribution is 2.18. The molecule has 2 rings (SSSR count). The van der Waals surface area contributed by atoms with Gasteiger partial charge in [-0.25, -0.2) is 4.68 Å². The molecule has 0 bridgehead atoms. The minimum Gasteiger partial charge on any atom is -0.378 e. The lowest BCUT2D eigenvalue weighted by Crippen LogP contribution is -2.42. The zero-order valence-electron chi connectivity index (χ0n) is 13.1. The van der Waals surface area contributed by atoms with Crippen LogP contribution in [0, 0.1) is 0 Å². The lowest BCUT2D eigenvalue weighted by molar-refractivity contribution is 0.0317. The van der Waals surface area contributed by atoms with Gasteiger partial charge < -0.3 is 15.0 Å². The van der Waals surface area contributed by atoms with E-state index in [2.05, 4.69) is 48.5 Å². The van der Waals surface area contributed by atoms with Crippen molar-refractivity contribution in [1.29, 1.82) is 0 Å². The fraction of sp³-hybridized carbons (Fsp3) is 0.857. The summed E-state index contributed by atoms with van der Waals surface area (Å²) in [5, 5.41) is 11.7. The lowest BCUT2D eigenvalue weighted by Gasteiger charge is -2.32. The number of nitrogens with one attached hydrogen (secondary N) is 1. The van der Waals surface area contributed by atoms with Crippen LogP contribution in [-0.2, 0) is 17.8 Å². The zero-order valence-corrected chi connectivity index (χ0v) is 13.1. The summed E-state index contributed by atoms with van der Waals surface area (Å²) in [7, 11) is 4.14. The molecule has 0 aromatic carbocycles. The maximum absolute atomic E-state index is 5.74. The first-order valence-corrected chi connectivity index (χ1v) is 7.35. The van der Waals surface area contributed by atoms with Crippen molar-refractivity contribution in [3.05, 3.63) is 11.9 Å². The first-order valence-electron chi connectivity index (χ1n) is 7.35. The van der Waals surface area contributed by atoms with Crippen LogP contribution >= 0.6 is 0 Å². The van der Waals surface area contributed by atoms with Gasteiger partial charge in [0.1, 0.15) is 0 Å². The van der Waals surface area contributed by atoms with Crippen LogP contribution in [-0.4, -0.2) is 58.8 Å². The van der Waals surface area contributed by atoms with Gasteiger partial charge in [-0.15, -0.1) is 5.10 Å². The van der Waals surface area contributed by atoms with Gasteiger partial charge in [0.15, 0.2) is 0 Å². The molecule has 1 aromatic rings. The summed E-state index contributed by atoms with van der Waals surface area (Å²) in [6.45, 7) is 7.29. The maximum atomic E-state index is 5.74. The van der Waals surface area contributed by atoms with E-state index in [4.69, 9.17) is 4.74 Å². The number of nitrogens with zero attached hydrogens (tertiary/aromatic N) is 4. The molecule has 0 atom stereocenters. The van der Waals surface area contributed by atoms with Gasteiger partial charge in [0.05, 0.1) is 25.5 Å². The summed E-state index contributed by atoms with van der Waals surface area (Å²) in [6.07, 6.45) is 4.59. The summed E-state index contributed by atoms with van der Waals surface area (Å²) in [4.78, 5) is 2.17. The standard InChI is InChI=1S/C14H27N5O/c1-14(2,18(3)4)11-20-8-7-19-10-13(16-17-19)9-15-12-5-6-12/h10,12,15H,5-9,11H2,1-4H3. The molecule has 20 heavy (non-hydrogen) atoms. The molecule has 1 fully saturated rings. The number of hydrogen-bond acceptors (Lipinski definition) is 5. The van der Waals surface area contributed by atoms with Gasteiger partial charge in [-0.3, -0.25) is 0 Å². The van der Waals surface area contributed by atoms with E-state index >= 15 is 0 Å². The van der Waals surface area contributed by atoms with Crippen LogP contribution in [0.4, 0.5) is 0 Å². The lowest BCUT2D eigenvalue weighted by atomic mass is 10.1. The Morgan fingerprint density at radius 1 is 1.45 bits per heavy atom. The van der Waals surface area contributed by atoms with E-state index in [1.807, 2.05) is 10.9 Å². The van der Waals surface area contributed by atoms with Crippen molar-refractivity contribution < 1.29 is 4.74 Å². The first kappa shape index (κ1) is 15.4. The van der Waals surface area contributed by atoms with E-state index < -0.39 is 0 Å². The second kappa shape index (κ2) is 6.65. The molecule has 0 saturated heterocycles. The molecule has 0 unspecified atom stereocenters. The monoisotopic (exact) mass is 281 g/mol. The zero-order chi connectivity index (χ0) is 14.6. The van der Waals surface area contributed by atoms with Crippen LogP contribution in [0.3, 0.4) is 0 Å². The molecule has 1 aliphatic rings. The van der Waals surface area contributed by atoms with Crippen LogP contribution < -0.4 is 5.32 Å². The summed E-state index contributed by atoms with van der Waals surface area (Å²) < 4.78 is 7.59. The van der Waals surface area contributed by atoms with Crippen molar-refractivity contribution in [1.82, 2.24) is 25.2 Å².